The van der Waals surface area contributed by atoms with E-state index in [4.69, 9.17) is 5.73 Å². The fraction of sp³-hybridized carbons (Fsp3) is 0.500. The fourth-order valence-electron chi connectivity index (χ4n) is 2.58. The molecule has 1 aliphatic heterocycles. The third kappa shape index (κ3) is 3.03. The molecule has 0 aliphatic carbocycles. The molecule has 1 heterocycles. The summed E-state index contributed by atoms with van der Waals surface area (Å²) in [7, 11) is -1.88. The van der Waals surface area contributed by atoms with Crippen LogP contribution in [0.25, 0.3) is 0 Å². The number of nitrogen functional groups attached to an aromatic ring is 1. The van der Waals surface area contributed by atoms with Crippen LogP contribution in [0.15, 0.2) is 24.3 Å². The molecule has 0 unspecified atom stereocenters. The van der Waals surface area contributed by atoms with Crippen molar-refractivity contribution < 1.29 is 13.2 Å². The number of likely N-dealkylation sites (N-methyl/N-ethyl adjacent to an activating group) is 1. The molecule has 1 aliphatic rings. The van der Waals surface area contributed by atoms with E-state index in [9.17, 15) is 13.2 Å². The van der Waals surface area contributed by atoms with Crippen LogP contribution in [0.5, 0.6) is 0 Å². The Morgan fingerprint density at radius 1 is 1.19 bits per heavy atom. The molecule has 1 saturated heterocycles. The Morgan fingerprint density at radius 3 is 2.33 bits per heavy atom. The number of carbonyl (C=O) groups excluding carboxylic acids is 1. The number of carbonyl (C=O) groups is 1. The highest BCUT2D eigenvalue weighted by atomic mass is 32.2. The summed E-state index contributed by atoms with van der Waals surface area (Å²) in [6.07, 6.45) is 0. The quantitative estimate of drug-likeness (QED) is 0.831. The molecule has 1 aromatic rings. The van der Waals surface area contributed by atoms with Gasteiger partial charge in [-0.25, -0.2) is 8.42 Å². The van der Waals surface area contributed by atoms with E-state index in [1.54, 1.807) is 50.1 Å². The predicted molar refractivity (Wildman–Crippen MR) is 81.9 cm³/mol. The van der Waals surface area contributed by atoms with E-state index in [-0.39, 0.29) is 11.7 Å². The summed E-state index contributed by atoms with van der Waals surface area (Å²) in [5.41, 5.74) is 5.79. The van der Waals surface area contributed by atoms with Gasteiger partial charge >= 0.3 is 0 Å². The van der Waals surface area contributed by atoms with Gasteiger partial charge in [0.1, 0.15) is 5.54 Å². The van der Waals surface area contributed by atoms with Crippen molar-refractivity contribution in [3.8, 4) is 0 Å². The lowest BCUT2D eigenvalue weighted by Gasteiger charge is -2.43. The van der Waals surface area contributed by atoms with Crippen LogP contribution in [0.2, 0.25) is 0 Å². The number of amides is 1. The van der Waals surface area contributed by atoms with Gasteiger partial charge < -0.3 is 10.6 Å². The first-order valence-corrected chi connectivity index (χ1v) is 8.36. The number of rotatable bonds is 3. The van der Waals surface area contributed by atoms with Crippen LogP contribution in [-0.4, -0.2) is 49.2 Å². The van der Waals surface area contributed by atoms with Gasteiger partial charge in [0.15, 0.2) is 0 Å². The SMILES string of the molecule is CN1CCN(S(=O)(=O)Cc2ccc(N)cc2)C(C)(C)C1=O. The summed E-state index contributed by atoms with van der Waals surface area (Å²) in [6.45, 7) is 4.01. The van der Waals surface area contributed by atoms with Crippen LogP contribution >= 0.6 is 0 Å². The maximum Gasteiger partial charge on any atom is 0.243 e. The van der Waals surface area contributed by atoms with E-state index in [0.717, 1.165) is 0 Å². The van der Waals surface area contributed by atoms with Crippen molar-refractivity contribution in [1.29, 1.82) is 0 Å². The van der Waals surface area contributed by atoms with Gasteiger partial charge in [-0.05, 0) is 31.5 Å². The average molecular weight is 311 g/mol. The minimum absolute atomic E-state index is 0.131. The molecular formula is C14H21N3O3S. The zero-order valence-corrected chi connectivity index (χ0v) is 13.4. The first kappa shape index (κ1) is 15.8. The molecule has 0 radical (unpaired) electrons. The number of nitrogens with two attached hydrogens (primary N) is 1. The lowest BCUT2D eigenvalue weighted by atomic mass is 10.0. The summed E-state index contributed by atoms with van der Waals surface area (Å²) < 4.78 is 26.6. The maximum absolute atomic E-state index is 12.6. The standard InChI is InChI=1S/C14H21N3O3S/c1-14(2)13(18)16(3)8-9-17(14)21(19,20)10-11-4-6-12(15)7-5-11/h4-7H,8-10,15H2,1-3H3. The summed E-state index contributed by atoms with van der Waals surface area (Å²) in [6, 6.07) is 6.73. The van der Waals surface area contributed by atoms with Gasteiger partial charge in [-0.1, -0.05) is 12.1 Å². The van der Waals surface area contributed by atoms with Crippen molar-refractivity contribution in [2.24, 2.45) is 0 Å². The van der Waals surface area contributed by atoms with Crippen LogP contribution < -0.4 is 5.73 Å². The normalized spacial score (nSPS) is 19.8. The molecule has 0 bridgehead atoms. The Bertz CT molecular complexity index is 638. The number of hydrogen-bond acceptors (Lipinski definition) is 4. The Balaban J connectivity index is 2.27. The molecule has 1 amide bonds. The van der Waals surface area contributed by atoms with Crippen molar-refractivity contribution >= 4 is 21.6 Å². The van der Waals surface area contributed by atoms with Crippen LogP contribution in [0.3, 0.4) is 0 Å². The van der Waals surface area contributed by atoms with E-state index in [2.05, 4.69) is 0 Å². The molecule has 2 rings (SSSR count). The number of piperazine rings is 1. The number of hydrogen-bond donors (Lipinski definition) is 1. The molecule has 0 saturated carbocycles. The van der Waals surface area contributed by atoms with Crippen molar-refractivity contribution in [2.75, 3.05) is 25.9 Å². The second kappa shape index (κ2) is 5.31. The van der Waals surface area contributed by atoms with Crippen LogP contribution in [-0.2, 0) is 20.6 Å². The van der Waals surface area contributed by atoms with Gasteiger partial charge in [0.2, 0.25) is 15.9 Å². The van der Waals surface area contributed by atoms with E-state index in [1.807, 2.05) is 0 Å². The summed E-state index contributed by atoms with van der Waals surface area (Å²) in [5.74, 6) is -0.317. The minimum Gasteiger partial charge on any atom is -0.399 e. The number of anilines is 1. The third-order valence-corrected chi connectivity index (χ3v) is 5.81. The zero-order valence-electron chi connectivity index (χ0n) is 12.5. The van der Waals surface area contributed by atoms with Crippen LogP contribution in [0.4, 0.5) is 5.69 Å². The Hall–Kier alpha value is -1.60. The molecule has 0 atom stereocenters. The smallest absolute Gasteiger partial charge is 0.243 e. The highest BCUT2D eigenvalue weighted by molar-refractivity contribution is 7.88. The molecular weight excluding hydrogens is 290 g/mol. The number of nitrogens with zero attached hydrogens (tertiary/aromatic N) is 2. The summed E-state index contributed by atoms with van der Waals surface area (Å²) >= 11 is 0. The van der Waals surface area contributed by atoms with Crippen molar-refractivity contribution in [3.63, 3.8) is 0 Å². The van der Waals surface area contributed by atoms with Crippen molar-refractivity contribution in [2.45, 2.75) is 25.1 Å². The van der Waals surface area contributed by atoms with Crippen LogP contribution in [0.1, 0.15) is 19.4 Å². The van der Waals surface area contributed by atoms with Crippen molar-refractivity contribution in [3.05, 3.63) is 29.8 Å². The highest BCUT2D eigenvalue weighted by Crippen LogP contribution is 2.27. The van der Waals surface area contributed by atoms with E-state index in [0.29, 0.717) is 24.3 Å². The highest BCUT2D eigenvalue weighted by Gasteiger charge is 2.46. The van der Waals surface area contributed by atoms with Gasteiger partial charge in [0.05, 0.1) is 5.75 Å². The zero-order chi connectivity index (χ0) is 15.8. The minimum atomic E-state index is -3.57. The second-order valence-corrected chi connectivity index (χ2v) is 7.75. The second-order valence-electron chi connectivity index (χ2n) is 5.86. The lowest BCUT2D eigenvalue weighted by Crippen LogP contribution is -2.63. The molecule has 0 spiro atoms. The Morgan fingerprint density at radius 2 is 1.76 bits per heavy atom. The first-order chi connectivity index (χ1) is 9.64. The molecule has 7 heteroatoms. The van der Waals surface area contributed by atoms with Gasteiger partial charge in [-0.15, -0.1) is 0 Å². The topological polar surface area (TPSA) is 83.7 Å². The molecule has 1 aromatic carbocycles. The van der Waals surface area contributed by atoms with E-state index in [1.165, 1.54) is 4.31 Å². The average Bonchev–Trinajstić information content (AvgIpc) is 2.38. The van der Waals surface area contributed by atoms with Gasteiger partial charge in [0, 0.05) is 25.8 Å². The summed E-state index contributed by atoms with van der Waals surface area (Å²) in [4.78, 5) is 13.8. The van der Waals surface area contributed by atoms with Gasteiger partial charge in [-0.2, -0.15) is 4.31 Å². The predicted octanol–water partition coefficient (Wildman–Crippen LogP) is 0.651. The molecule has 0 aromatic heterocycles. The fourth-order valence-corrected chi connectivity index (χ4v) is 4.49. The Labute approximate surface area is 125 Å². The number of benzene rings is 1. The molecule has 21 heavy (non-hydrogen) atoms. The molecule has 1 fully saturated rings. The third-order valence-electron chi connectivity index (χ3n) is 3.80. The monoisotopic (exact) mass is 311 g/mol. The van der Waals surface area contributed by atoms with Gasteiger partial charge in [0.25, 0.3) is 0 Å². The van der Waals surface area contributed by atoms with E-state index < -0.39 is 15.6 Å². The molecule has 2 N–H and O–H groups in total. The Kier molecular flexibility index (Phi) is 3.99. The van der Waals surface area contributed by atoms with Gasteiger partial charge in [-0.3, -0.25) is 4.79 Å². The maximum atomic E-state index is 12.6. The molecule has 6 nitrogen and oxygen atoms in total. The summed E-state index contributed by atoms with van der Waals surface area (Å²) in [5, 5.41) is 0. The molecule has 116 valence electrons. The largest absolute Gasteiger partial charge is 0.399 e. The van der Waals surface area contributed by atoms with E-state index >= 15 is 0 Å². The lowest BCUT2D eigenvalue weighted by molar-refractivity contribution is -0.142. The van der Waals surface area contributed by atoms with Crippen LogP contribution in [0, 0.1) is 0 Å². The first-order valence-electron chi connectivity index (χ1n) is 6.75. The van der Waals surface area contributed by atoms with Crippen molar-refractivity contribution in [1.82, 2.24) is 9.21 Å². The number of sulfonamides is 1.